The average Bonchev–Trinajstić information content (AvgIpc) is 3.40. The standard InChI is InChI=1S/C22H24BrN9O2/c23-18-14-27-21(30-20(18)25-9-8-24-19-7-6-17(31-34)13-26-19)28-15-4-3-5-16(12-15)29-22(33)32-10-1-2-11-32/h3-7,12-14H,1-2,8-11H2,(H,24,26)(H,29,33)(H2,25,27,28,30). The molecular weight excluding hydrogens is 502 g/mol. The molecule has 34 heavy (non-hydrogen) atoms. The van der Waals surface area contributed by atoms with E-state index in [1.54, 1.807) is 18.3 Å². The maximum Gasteiger partial charge on any atom is 0.321 e. The summed E-state index contributed by atoms with van der Waals surface area (Å²) in [6.07, 6.45) is 5.17. The number of nitrogens with one attached hydrogen (secondary N) is 4. The van der Waals surface area contributed by atoms with Crippen molar-refractivity contribution in [3.05, 3.63) is 58.2 Å². The van der Waals surface area contributed by atoms with Crippen LogP contribution in [0.25, 0.3) is 0 Å². The van der Waals surface area contributed by atoms with Gasteiger partial charge in [-0.25, -0.2) is 14.8 Å². The third-order valence-corrected chi connectivity index (χ3v) is 5.66. The van der Waals surface area contributed by atoms with Crippen LogP contribution in [0.4, 0.5) is 39.4 Å². The summed E-state index contributed by atoms with van der Waals surface area (Å²) in [5.41, 5.74) is 1.75. The van der Waals surface area contributed by atoms with E-state index in [9.17, 15) is 9.70 Å². The van der Waals surface area contributed by atoms with E-state index in [1.165, 1.54) is 6.20 Å². The summed E-state index contributed by atoms with van der Waals surface area (Å²) in [6, 6.07) is 10.6. The summed E-state index contributed by atoms with van der Waals surface area (Å²) in [7, 11) is 0. The van der Waals surface area contributed by atoms with Crippen LogP contribution < -0.4 is 21.3 Å². The lowest BCUT2D eigenvalue weighted by molar-refractivity contribution is 0.222. The second-order valence-electron chi connectivity index (χ2n) is 7.57. The van der Waals surface area contributed by atoms with Crippen LogP contribution in [-0.2, 0) is 0 Å². The molecule has 176 valence electrons. The van der Waals surface area contributed by atoms with Gasteiger partial charge in [-0.2, -0.15) is 4.98 Å². The van der Waals surface area contributed by atoms with E-state index >= 15 is 0 Å². The van der Waals surface area contributed by atoms with Gasteiger partial charge in [0, 0.05) is 43.8 Å². The number of pyridine rings is 1. The fourth-order valence-corrected chi connectivity index (χ4v) is 3.73. The first-order valence-corrected chi connectivity index (χ1v) is 11.6. The zero-order chi connectivity index (χ0) is 23.8. The lowest BCUT2D eigenvalue weighted by Crippen LogP contribution is -2.32. The third-order valence-electron chi connectivity index (χ3n) is 5.08. The molecule has 0 radical (unpaired) electrons. The molecule has 4 rings (SSSR count). The fourth-order valence-electron chi connectivity index (χ4n) is 3.39. The number of amides is 2. The van der Waals surface area contributed by atoms with Crippen LogP contribution in [0.1, 0.15) is 12.8 Å². The number of likely N-dealkylation sites (tertiary alicyclic amines) is 1. The van der Waals surface area contributed by atoms with Crippen LogP contribution in [0.2, 0.25) is 0 Å². The fraction of sp³-hybridized carbons (Fsp3) is 0.273. The van der Waals surface area contributed by atoms with Gasteiger partial charge in [0.1, 0.15) is 17.3 Å². The Morgan fingerprint density at radius 3 is 2.59 bits per heavy atom. The van der Waals surface area contributed by atoms with Gasteiger partial charge in [-0.1, -0.05) is 6.07 Å². The quantitative estimate of drug-likeness (QED) is 0.228. The predicted octanol–water partition coefficient (Wildman–Crippen LogP) is 4.93. The van der Waals surface area contributed by atoms with Crippen LogP contribution in [0.3, 0.4) is 0 Å². The first-order valence-electron chi connectivity index (χ1n) is 10.8. The highest BCUT2D eigenvalue weighted by molar-refractivity contribution is 9.10. The molecule has 0 atom stereocenters. The summed E-state index contributed by atoms with van der Waals surface area (Å²) in [4.78, 5) is 37.6. The maximum absolute atomic E-state index is 12.3. The van der Waals surface area contributed by atoms with Crippen molar-refractivity contribution < 1.29 is 4.79 Å². The molecule has 0 saturated carbocycles. The maximum atomic E-state index is 12.3. The van der Waals surface area contributed by atoms with Crippen molar-refractivity contribution in [1.29, 1.82) is 0 Å². The van der Waals surface area contributed by atoms with E-state index in [0.717, 1.165) is 36.1 Å². The Kier molecular flexibility index (Phi) is 7.81. The minimum atomic E-state index is -0.0822. The monoisotopic (exact) mass is 525 g/mol. The number of halogens is 1. The Morgan fingerprint density at radius 2 is 1.82 bits per heavy atom. The van der Waals surface area contributed by atoms with Gasteiger partial charge in [0.25, 0.3) is 0 Å². The van der Waals surface area contributed by atoms with Gasteiger partial charge < -0.3 is 26.2 Å². The van der Waals surface area contributed by atoms with Gasteiger partial charge in [0.05, 0.1) is 10.7 Å². The Balaban J connectivity index is 1.31. The van der Waals surface area contributed by atoms with Crippen LogP contribution in [0.15, 0.2) is 58.4 Å². The van der Waals surface area contributed by atoms with Crippen molar-refractivity contribution >= 4 is 56.6 Å². The highest BCUT2D eigenvalue weighted by atomic mass is 79.9. The number of hydrogen-bond donors (Lipinski definition) is 4. The smallest absolute Gasteiger partial charge is 0.321 e. The Hall–Kier alpha value is -3.80. The van der Waals surface area contributed by atoms with E-state index in [-0.39, 0.29) is 11.7 Å². The number of nitroso groups, excluding NO2 is 1. The molecule has 2 amide bonds. The van der Waals surface area contributed by atoms with E-state index < -0.39 is 0 Å². The molecule has 0 bridgehead atoms. The SMILES string of the molecule is O=Nc1ccc(NCCNc2nc(Nc3cccc(NC(=O)N4CCCC4)c3)ncc2Br)nc1. The molecule has 12 heteroatoms. The molecule has 11 nitrogen and oxygen atoms in total. The highest BCUT2D eigenvalue weighted by Crippen LogP contribution is 2.23. The minimum absolute atomic E-state index is 0.0822. The van der Waals surface area contributed by atoms with Crippen molar-refractivity contribution in [3.8, 4) is 0 Å². The summed E-state index contributed by atoms with van der Waals surface area (Å²) >= 11 is 3.46. The van der Waals surface area contributed by atoms with E-state index in [2.05, 4.69) is 57.3 Å². The van der Waals surface area contributed by atoms with Gasteiger partial charge in [-0.15, -0.1) is 4.91 Å². The molecule has 2 aromatic heterocycles. The second-order valence-corrected chi connectivity index (χ2v) is 8.42. The highest BCUT2D eigenvalue weighted by Gasteiger charge is 2.17. The first kappa shape index (κ1) is 23.4. The molecule has 0 spiro atoms. The Morgan fingerprint density at radius 1 is 1.03 bits per heavy atom. The molecular formula is C22H24BrN9O2. The van der Waals surface area contributed by atoms with Crippen LogP contribution in [-0.4, -0.2) is 52.1 Å². The summed E-state index contributed by atoms with van der Waals surface area (Å²) in [6.45, 7) is 2.74. The Labute approximate surface area is 204 Å². The van der Waals surface area contributed by atoms with Crippen LogP contribution in [0.5, 0.6) is 0 Å². The van der Waals surface area contributed by atoms with Gasteiger partial charge >= 0.3 is 6.03 Å². The van der Waals surface area contributed by atoms with Crippen LogP contribution in [0, 0.1) is 4.91 Å². The van der Waals surface area contributed by atoms with Crippen molar-refractivity contribution in [2.75, 3.05) is 47.4 Å². The zero-order valence-corrected chi connectivity index (χ0v) is 19.9. The molecule has 0 aliphatic carbocycles. The van der Waals surface area contributed by atoms with Crippen molar-refractivity contribution in [2.24, 2.45) is 5.18 Å². The van der Waals surface area contributed by atoms with E-state index in [1.807, 2.05) is 29.2 Å². The summed E-state index contributed by atoms with van der Waals surface area (Å²) in [5, 5.41) is 15.3. The summed E-state index contributed by atoms with van der Waals surface area (Å²) < 4.78 is 0.726. The largest absolute Gasteiger partial charge is 0.368 e. The molecule has 3 aromatic rings. The normalized spacial score (nSPS) is 12.8. The number of anilines is 5. The van der Waals surface area contributed by atoms with Crippen molar-refractivity contribution in [1.82, 2.24) is 19.9 Å². The number of urea groups is 1. The second kappa shape index (κ2) is 11.4. The molecule has 1 fully saturated rings. The summed E-state index contributed by atoms with van der Waals surface area (Å²) in [5.74, 6) is 1.70. The van der Waals surface area contributed by atoms with Crippen LogP contribution >= 0.6 is 15.9 Å². The lowest BCUT2D eigenvalue weighted by atomic mass is 10.3. The third kappa shape index (κ3) is 6.38. The Bertz CT molecular complexity index is 1140. The molecule has 1 saturated heterocycles. The molecule has 3 heterocycles. The lowest BCUT2D eigenvalue weighted by Gasteiger charge is -2.16. The van der Waals surface area contributed by atoms with Crippen molar-refractivity contribution in [2.45, 2.75) is 12.8 Å². The van der Waals surface area contributed by atoms with Gasteiger partial charge in [-0.05, 0) is 64.3 Å². The number of benzene rings is 1. The molecule has 1 aliphatic heterocycles. The van der Waals surface area contributed by atoms with Crippen molar-refractivity contribution in [3.63, 3.8) is 0 Å². The number of carbonyl (C=O) groups excluding carboxylic acids is 1. The average molecular weight is 526 g/mol. The molecule has 1 aromatic carbocycles. The zero-order valence-electron chi connectivity index (χ0n) is 18.3. The number of hydrogen-bond acceptors (Lipinski definition) is 9. The molecule has 1 aliphatic rings. The predicted molar refractivity (Wildman–Crippen MR) is 136 cm³/mol. The number of rotatable bonds is 9. The van der Waals surface area contributed by atoms with Gasteiger partial charge in [-0.3, -0.25) is 0 Å². The number of nitrogens with zero attached hydrogens (tertiary/aromatic N) is 5. The topological polar surface area (TPSA) is 137 Å². The van der Waals surface area contributed by atoms with Gasteiger partial charge in [0.2, 0.25) is 5.95 Å². The van der Waals surface area contributed by atoms with E-state index in [4.69, 9.17) is 0 Å². The van der Waals surface area contributed by atoms with Gasteiger partial charge in [0.15, 0.2) is 0 Å². The number of aromatic nitrogens is 3. The first-order chi connectivity index (χ1) is 16.6. The minimum Gasteiger partial charge on any atom is -0.368 e. The van der Waals surface area contributed by atoms with E-state index in [0.29, 0.717) is 36.4 Å². The molecule has 4 N–H and O–H groups in total. The molecule has 0 unspecified atom stereocenters. The number of carbonyl (C=O) groups is 1.